The summed E-state index contributed by atoms with van der Waals surface area (Å²) in [5, 5.41) is 37.9. The molecule has 6 heteroatoms. The van der Waals surface area contributed by atoms with Gasteiger partial charge in [0, 0.05) is 5.39 Å². The number of nitrogens with zero attached hydrogens (tertiary/aromatic N) is 2. The van der Waals surface area contributed by atoms with Gasteiger partial charge in [-0.1, -0.05) is 12.1 Å². The van der Waals surface area contributed by atoms with Crippen molar-refractivity contribution in [3.63, 3.8) is 0 Å². The van der Waals surface area contributed by atoms with Crippen molar-refractivity contribution in [2.75, 3.05) is 0 Å². The van der Waals surface area contributed by atoms with Crippen LogP contribution in [0.15, 0.2) is 64.8 Å². The number of aromatic carboxylic acids is 1. The molecule has 3 rings (SSSR count). The number of fused-ring (bicyclic) bond motifs is 1. The molecule has 0 bridgehead atoms. The van der Waals surface area contributed by atoms with Crippen LogP contribution in [0.2, 0.25) is 0 Å². The van der Waals surface area contributed by atoms with Crippen molar-refractivity contribution in [1.29, 1.82) is 0 Å². The number of hydrogen-bond acceptors (Lipinski definition) is 5. The summed E-state index contributed by atoms with van der Waals surface area (Å²) in [4.78, 5) is 10.8. The minimum Gasteiger partial charge on any atom is -0.508 e. The number of aromatic hydroxyl groups is 2. The molecule has 0 aromatic heterocycles. The highest BCUT2D eigenvalue weighted by molar-refractivity contribution is 5.96. The van der Waals surface area contributed by atoms with Gasteiger partial charge in [-0.25, -0.2) is 4.79 Å². The summed E-state index contributed by atoms with van der Waals surface area (Å²) in [6, 6.07) is 13.9. The number of rotatable bonds is 3. The average molecular weight is 308 g/mol. The number of carboxylic acid groups (broad SMARTS) is 1. The van der Waals surface area contributed by atoms with Crippen molar-refractivity contribution in [2.45, 2.75) is 0 Å². The molecule has 0 fully saturated rings. The van der Waals surface area contributed by atoms with E-state index < -0.39 is 5.97 Å². The van der Waals surface area contributed by atoms with Gasteiger partial charge in [0.05, 0.1) is 11.3 Å². The van der Waals surface area contributed by atoms with Crippen LogP contribution in [0, 0.1) is 0 Å². The third kappa shape index (κ3) is 2.96. The zero-order valence-electron chi connectivity index (χ0n) is 11.8. The van der Waals surface area contributed by atoms with E-state index >= 15 is 0 Å². The second-order valence-electron chi connectivity index (χ2n) is 4.89. The van der Waals surface area contributed by atoms with Crippen LogP contribution in [0.1, 0.15) is 10.4 Å². The van der Waals surface area contributed by atoms with Crippen molar-refractivity contribution in [2.24, 2.45) is 10.2 Å². The van der Waals surface area contributed by atoms with Gasteiger partial charge >= 0.3 is 5.97 Å². The fraction of sp³-hybridized carbons (Fsp3) is 0. The largest absolute Gasteiger partial charge is 0.508 e. The van der Waals surface area contributed by atoms with Crippen LogP contribution in [-0.2, 0) is 0 Å². The van der Waals surface area contributed by atoms with Crippen molar-refractivity contribution >= 4 is 28.1 Å². The smallest absolute Gasteiger partial charge is 0.335 e. The molecule has 0 unspecified atom stereocenters. The van der Waals surface area contributed by atoms with E-state index in [1.54, 1.807) is 18.2 Å². The van der Waals surface area contributed by atoms with Gasteiger partial charge < -0.3 is 15.3 Å². The quantitative estimate of drug-likeness (QED) is 0.625. The SMILES string of the molecule is O=C(O)c1ccc(N=Nc2c(O)ccc3ccc(O)cc23)cc1. The van der Waals surface area contributed by atoms with E-state index in [1.165, 1.54) is 36.4 Å². The number of carboxylic acids is 1. The Hall–Kier alpha value is -3.41. The Balaban J connectivity index is 2.01. The second kappa shape index (κ2) is 5.76. The van der Waals surface area contributed by atoms with Gasteiger partial charge in [-0.15, -0.1) is 5.11 Å². The van der Waals surface area contributed by atoms with Gasteiger partial charge in [-0.3, -0.25) is 0 Å². The summed E-state index contributed by atoms with van der Waals surface area (Å²) >= 11 is 0. The van der Waals surface area contributed by atoms with E-state index in [2.05, 4.69) is 10.2 Å². The minimum absolute atomic E-state index is 0.0605. The van der Waals surface area contributed by atoms with Gasteiger partial charge in [-0.2, -0.15) is 5.11 Å². The molecule has 0 atom stereocenters. The first-order valence-corrected chi connectivity index (χ1v) is 6.74. The zero-order chi connectivity index (χ0) is 16.4. The van der Waals surface area contributed by atoms with Crippen LogP contribution >= 0.6 is 0 Å². The number of benzene rings is 3. The normalized spacial score (nSPS) is 11.1. The molecule has 0 aliphatic heterocycles. The molecule has 6 nitrogen and oxygen atoms in total. The fourth-order valence-electron chi connectivity index (χ4n) is 2.16. The monoisotopic (exact) mass is 308 g/mol. The predicted molar refractivity (Wildman–Crippen MR) is 84.9 cm³/mol. The Morgan fingerprint density at radius 1 is 0.870 bits per heavy atom. The number of phenols is 2. The van der Waals surface area contributed by atoms with Crippen molar-refractivity contribution < 1.29 is 20.1 Å². The van der Waals surface area contributed by atoms with Crippen LogP contribution in [0.4, 0.5) is 11.4 Å². The van der Waals surface area contributed by atoms with Crippen LogP contribution in [0.25, 0.3) is 10.8 Å². The number of phenolic OH excluding ortho intramolecular Hbond substituents is 2. The number of hydrogen-bond donors (Lipinski definition) is 3. The first kappa shape index (κ1) is 14.5. The third-order valence-corrected chi connectivity index (χ3v) is 3.34. The molecular formula is C17H12N2O4. The average Bonchev–Trinajstić information content (AvgIpc) is 2.54. The topological polar surface area (TPSA) is 102 Å². The Kier molecular flexibility index (Phi) is 3.64. The molecule has 114 valence electrons. The van der Waals surface area contributed by atoms with E-state index in [-0.39, 0.29) is 22.7 Å². The predicted octanol–water partition coefficient (Wildman–Crippen LogP) is 4.36. The summed E-state index contributed by atoms with van der Waals surface area (Å²) in [6.07, 6.45) is 0. The maximum atomic E-state index is 10.8. The highest BCUT2D eigenvalue weighted by atomic mass is 16.4. The first-order chi connectivity index (χ1) is 11.0. The number of carbonyl (C=O) groups is 1. The third-order valence-electron chi connectivity index (χ3n) is 3.34. The molecule has 3 aromatic rings. The Labute approximate surface area is 131 Å². The molecule has 0 saturated heterocycles. The van der Waals surface area contributed by atoms with Gasteiger partial charge in [0.2, 0.25) is 0 Å². The molecule has 0 radical (unpaired) electrons. The molecular weight excluding hydrogens is 296 g/mol. The maximum Gasteiger partial charge on any atom is 0.335 e. The van der Waals surface area contributed by atoms with E-state index in [0.717, 1.165) is 5.39 Å². The van der Waals surface area contributed by atoms with Crippen LogP contribution in [-0.4, -0.2) is 21.3 Å². The second-order valence-corrected chi connectivity index (χ2v) is 4.89. The summed E-state index contributed by atoms with van der Waals surface area (Å²) in [6.45, 7) is 0. The van der Waals surface area contributed by atoms with E-state index in [4.69, 9.17) is 5.11 Å². The molecule has 0 spiro atoms. The molecule has 3 N–H and O–H groups in total. The molecule has 3 aromatic carbocycles. The summed E-state index contributed by atoms with van der Waals surface area (Å²) in [5.41, 5.74) is 0.842. The van der Waals surface area contributed by atoms with Crippen LogP contribution in [0.5, 0.6) is 11.5 Å². The molecule has 23 heavy (non-hydrogen) atoms. The minimum atomic E-state index is -1.02. The highest BCUT2D eigenvalue weighted by Gasteiger charge is 2.07. The first-order valence-electron chi connectivity index (χ1n) is 6.74. The Bertz CT molecular complexity index is 913. The fourth-order valence-corrected chi connectivity index (χ4v) is 2.16. The van der Waals surface area contributed by atoms with Gasteiger partial charge in [0.1, 0.15) is 17.2 Å². The Morgan fingerprint density at radius 3 is 2.26 bits per heavy atom. The molecule has 0 saturated carbocycles. The van der Waals surface area contributed by atoms with Gasteiger partial charge in [0.25, 0.3) is 0 Å². The summed E-state index contributed by atoms with van der Waals surface area (Å²) in [5.74, 6) is -1.02. The van der Waals surface area contributed by atoms with Crippen molar-refractivity contribution in [1.82, 2.24) is 0 Å². The Morgan fingerprint density at radius 2 is 1.57 bits per heavy atom. The highest BCUT2D eigenvalue weighted by Crippen LogP contribution is 2.37. The number of azo groups is 1. The molecule has 0 aliphatic carbocycles. The lowest BCUT2D eigenvalue weighted by Gasteiger charge is -2.04. The van der Waals surface area contributed by atoms with Gasteiger partial charge in [0.15, 0.2) is 0 Å². The zero-order valence-corrected chi connectivity index (χ0v) is 11.8. The molecule has 0 heterocycles. The van der Waals surface area contributed by atoms with E-state index in [0.29, 0.717) is 11.1 Å². The maximum absolute atomic E-state index is 10.8. The van der Waals surface area contributed by atoms with E-state index in [1.807, 2.05) is 0 Å². The summed E-state index contributed by atoms with van der Waals surface area (Å²) in [7, 11) is 0. The van der Waals surface area contributed by atoms with Gasteiger partial charge in [-0.05, 0) is 47.9 Å². The standard InChI is InChI=1S/C17H12N2O4/c20-13-7-3-10-4-8-15(21)16(14(10)9-13)19-18-12-5-1-11(2-6-12)17(22)23/h1-9,20-21H,(H,22,23). The van der Waals surface area contributed by atoms with Crippen LogP contribution < -0.4 is 0 Å². The van der Waals surface area contributed by atoms with Crippen molar-refractivity contribution in [3.05, 3.63) is 60.2 Å². The van der Waals surface area contributed by atoms with Crippen molar-refractivity contribution in [3.8, 4) is 11.5 Å². The van der Waals surface area contributed by atoms with E-state index in [9.17, 15) is 15.0 Å². The lowest BCUT2D eigenvalue weighted by molar-refractivity contribution is 0.0697. The summed E-state index contributed by atoms with van der Waals surface area (Å²) < 4.78 is 0. The lowest BCUT2D eigenvalue weighted by Crippen LogP contribution is -1.93. The van der Waals surface area contributed by atoms with Crippen LogP contribution in [0.3, 0.4) is 0 Å². The molecule has 0 aliphatic rings. The lowest BCUT2D eigenvalue weighted by atomic mass is 10.1. The molecule has 0 amide bonds.